The van der Waals surface area contributed by atoms with Crippen LogP contribution in [0.2, 0.25) is 0 Å². The molecule has 0 bridgehead atoms. The van der Waals surface area contributed by atoms with Crippen LogP contribution in [-0.2, 0) is 28.9 Å². The summed E-state index contributed by atoms with van der Waals surface area (Å²) >= 11 is 0. The summed E-state index contributed by atoms with van der Waals surface area (Å²) in [6.45, 7) is 4.85. The summed E-state index contributed by atoms with van der Waals surface area (Å²) in [4.78, 5) is 25.9. The maximum Gasteiger partial charge on any atom is 0.416 e. The summed E-state index contributed by atoms with van der Waals surface area (Å²) in [5.41, 5.74) is 0.971. The quantitative estimate of drug-likeness (QED) is 0.746. The van der Waals surface area contributed by atoms with E-state index in [9.17, 15) is 22.8 Å². The number of likely N-dealkylation sites (tertiary alicyclic amines) is 1. The lowest BCUT2D eigenvalue weighted by Gasteiger charge is -2.49. The molecule has 0 aliphatic carbocycles. The van der Waals surface area contributed by atoms with Crippen molar-refractivity contribution in [3.05, 3.63) is 65.2 Å². The number of nitrogens with zero attached hydrogens (tertiary/aromatic N) is 1. The lowest BCUT2D eigenvalue weighted by Crippen LogP contribution is -2.65. The predicted octanol–water partition coefficient (Wildman–Crippen LogP) is 3.94. The van der Waals surface area contributed by atoms with Crippen LogP contribution in [0.1, 0.15) is 37.0 Å². The molecule has 2 amide bonds. The molecule has 2 aromatic rings. The van der Waals surface area contributed by atoms with Crippen molar-refractivity contribution >= 4 is 17.5 Å². The molecular weight excluding hydrogens is 395 g/mol. The third kappa shape index (κ3) is 4.99. The normalized spacial score (nSPS) is 19.1. The third-order valence-corrected chi connectivity index (χ3v) is 5.44. The van der Waals surface area contributed by atoms with Crippen LogP contribution in [0.15, 0.2) is 48.5 Å². The second-order valence-electron chi connectivity index (χ2n) is 7.70. The molecule has 1 unspecified atom stereocenters. The van der Waals surface area contributed by atoms with E-state index in [0.717, 1.165) is 24.2 Å². The maximum atomic E-state index is 12.7. The number of hydrogen-bond donors (Lipinski definition) is 2. The van der Waals surface area contributed by atoms with Crippen molar-refractivity contribution < 1.29 is 22.8 Å². The Morgan fingerprint density at radius 2 is 1.63 bits per heavy atom. The fourth-order valence-electron chi connectivity index (χ4n) is 3.42. The highest BCUT2D eigenvalue weighted by molar-refractivity contribution is 5.88. The average Bonchev–Trinajstić information content (AvgIpc) is 2.69. The van der Waals surface area contributed by atoms with Crippen LogP contribution in [0.4, 0.5) is 18.9 Å². The SMILES string of the molecule is CC(=O)Nc1ccc(CN2CCC2(C)C(=O)NCc2ccc(C(F)(F)F)cc2)cc1. The number of nitrogens with one attached hydrogen (secondary N) is 2. The molecule has 3 rings (SSSR count). The zero-order valence-electron chi connectivity index (χ0n) is 16.8. The first-order valence-corrected chi connectivity index (χ1v) is 9.64. The lowest BCUT2D eigenvalue weighted by molar-refractivity contribution is -0.142. The van der Waals surface area contributed by atoms with Gasteiger partial charge in [0.15, 0.2) is 0 Å². The molecule has 160 valence electrons. The lowest BCUT2D eigenvalue weighted by atomic mass is 9.85. The Hall–Kier alpha value is -2.87. The zero-order valence-corrected chi connectivity index (χ0v) is 16.8. The second kappa shape index (κ2) is 8.47. The Kier molecular flexibility index (Phi) is 6.17. The van der Waals surface area contributed by atoms with Crippen LogP contribution in [0.25, 0.3) is 0 Å². The first-order chi connectivity index (χ1) is 14.1. The smallest absolute Gasteiger partial charge is 0.350 e. The Bertz CT molecular complexity index is 911. The van der Waals surface area contributed by atoms with E-state index in [2.05, 4.69) is 15.5 Å². The molecule has 1 fully saturated rings. The molecule has 1 heterocycles. The molecular formula is C22H24F3N3O2. The number of amides is 2. The first kappa shape index (κ1) is 21.8. The molecule has 0 radical (unpaired) electrons. The van der Waals surface area contributed by atoms with Gasteiger partial charge in [0.2, 0.25) is 11.8 Å². The summed E-state index contributed by atoms with van der Waals surface area (Å²) in [7, 11) is 0. The Labute approximate surface area is 173 Å². The molecule has 2 N–H and O–H groups in total. The van der Waals surface area contributed by atoms with Gasteiger partial charge in [0, 0.05) is 32.2 Å². The summed E-state index contributed by atoms with van der Waals surface area (Å²) in [5.74, 6) is -0.286. The van der Waals surface area contributed by atoms with Crippen LogP contribution in [-0.4, -0.2) is 28.8 Å². The number of carbonyl (C=O) groups is 2. The van der Waals surface area contributed by atoms with E-state index in [-0.39, 0.29) is 18.4 Å². The maximum absolute atomic E-state index is 12.7. The molecule has 2 aromatic carbocycles. The summed E-state index contributed by atoms with van der Waals surface area (Å²) < 4.78 is 37.9. The largest absolute Gasteiger partial charge is 0.416 e. The summed E-state index contributed by atoms with van der Waals surface area (Å²) in [6, 6.07) is 12.2. The van der Waals surface area contributed by atoms with Gasteiger partial charge in [-0.1, -0.05) is 24.3 Å². The number of benzene rings is 2. The molecule has 8 heteroatoms. The van der Waals surface area contributed by atoms with Crippen molar-refractivity contribution in [3.63, 3.8) is 0 Å². The third-order valence-electron chi connectivity index (χ3n) is 5.44. The fourth-order valence-corrected chi connectivity index (χ4v) is 3.42. The minimum Gasteiger partial charge on any atom is -0.350 e. The van der Waals surface area contributed by atoms with Gasteiger partial charge in [-0.25, -0.2) is 0 Å². The van der Waals surface area contributed by atoms with E-state index in [1.54, 1.807) is 0 Å². The fraction of sp³-hybridized carbons (Fsp3) is 0.364. The Balaban J connectivity index is 1.56. The van der Waals surface area contributed by atoms with Crippen molar-refractivity contribution in [3.8, 4) is 0 Å². The van der Waals surface area contributed by atoms with Crippen molar-refractivity contribution in [2.45, 2.75) is 45.1 Å². The van der Waals surface area contributed by atoms with Gasteiger partial charge >= 0.3 is 6.18 Å². The van der Waals surface area contributed by atoms with Crippen LogP contribution in [0, 0.1) is 0 Å². The molecule has 1 atom stereocenters. The van der Waals surface area contributed by atoms with Crippen LogP contribution >= 0.6 is 0 Å². The first-order valence-electron chi connectivity index (χ1n) is 9.64. The highest BCUT2D eigenvalue weighted by Crippen LogP contribution is 2.33. The number of halogens is 3. The van der Waals surface area contributed by atoms with E-state index in [0.29, 0.717) is 24.2 Å². The van der Waals surface area contributed by atoms with Gasteiger partial charge in [-0.15, -0.1) is 0 Å². The van der Waals surface area contributed by atoms with E-state index in [1.165, 1.54) is 19.1 Å². The zero-order chi connectivity index (χ0) is 21.9. The van der Waals surface area contributed by atoms with Crippen molar-refractivity contribution in [1.82, 2.24) is 10.2 Å². The van der Waals surface area contributed by atoms with Gasteiger partial charge in [0.1, 0.15) is 0 Å². The Morgan fingerprint density at radius 3 is 2.13 bits per heavy atom. The van der Waals surface area contributed by atoms with Crippen molar-refractivity contribution in [2.75, 3.05) is 11.9 Å². The minimum absolute atomic E-state index is 0.136. The average molecular weight is 419 g/mol. The molecule has 1 aliphatic heterocycles. The van der Waals surface area contributed by atoms with Crippen molar-refractivity contribution in [2.24, 2.45) is 0 Å². The molecule has 0 saturated carbocycles. The monoisotopic (exact) mass is 419 g/mol. The van der Waals surface area contributed by atoms with Gasteiger partial charge in [-0.05, 0) is 48.7 Å². The molecule has 5 nitrogen and oxygen atoms in total. The second-order valence-corrected chi connectivity index (χ2v) is 7.70. The van der Waals surface area contributed by atoms with E-state index in [1.807, 2.05) is 31.2 Å². The van der Waals surface area contributed by atoms with Crippen LogP contribution < -0.4 is 10.6 Å². The van der Waals surface area contributed by atoms with Gasteiger partial charge in [0.05, 0.1) is 11.1 Å². The molecule has 30 heavy (non-hydrogen) atoms. The van der Waals surface area contributed by atoms with Gasteiger partial charge in [-0.2, -0.15) is 13.2 Å². The topological polar surface area (TPSA) is 61.4 Å². The van der Waals surface area contributed by atoms with Gasteiger partial charge in [0.25, 0.3) is 0 Å². The highest BCUT2D eigenvalue weighted by Gasteiger charge is 2.46. The highest BCUT2D eigenvalue weighted by atomic mass is 19.4. The van der Waals surface area contributed by atoms with E-state index in [4.69, 9.17) is 0 Å². The van der Waals surface area contributed by atoms with Gasteiger partial charge in [-0.3, -0.25) is 14.5 Å². The summed E-state index contributed by atoms with van der Waals surface area (Å²) in [6.07, 6.45) is -3.67. The standard InChI is InChI=1S/C22H24F3N3O2/c1-15(29)27-19-9-5-17(6-10-19)14-28-12-11-21(28,2)20(30)26-13-16-3-7-18(8-4-16)22(23,24)25/h3-10H,11-14H2,1-2H3,(H,26,30)(H,27,29). The number of alkyl halides is 3. The number of anilines is 1. The van der Waals surface area contributed by atoms with Crippen LogP contribution in [0.5, 0.6) is 0 Å². The minimum atomic E-state index is -4.37. The molecule has 0 spiro atoms. The molecule has 1 saturated heterocycles. The number of hydrogen-bond acceptors (Lipinski definition) is 3. The predicted molar refractivity (Wildman–Crippen MR) is 107 cm³/mol. The Morgan fingerprint density at radius 1 is 1.03 bits per heavy atom. The van der Waals surface area contributed by atoms with Crippen LogP contribution in [0.3, 0.4) is 0 Å². The van der Waals surface area contributed by atoms with Crippen molar-refractivity contribution in [1.29, 1.82) is 0 Å². The molecule has 1 aliphatic rings. The van der Waals surface area contributed by atoms with E-state index < -0.39 is 17.3 Å². The number of carbonyl (C=O) groups excluding carboxylic acids is 2. The summed E-state index contributed by atoms with van der Waals surface area (Å²) in [5, 5.41) is 5.55. The molecule has 0 aromatic heterocycles. The number of rotatable bonds is 6. The van der Waals surface area contributed by atoms with Gasteiger partial charge < -0.3 is 10.6 Å². The van der Waals surface area contributed by atoms with E-state index >= 15 is 0 Å².